The number of primary amides is 4. The predicted octanol–water partition coefficient (Wildman–Crippen LogP) is -3.23. The van der Waals surface area contributed by atoms with Gasteiger partial charge in [0, 0.05) is 31.8 Å². The maximum absolute atomic E-state index is 14.3. The molecule has 0 aliphatic carbocycles. The molecule has 9 atom stereocenters. The lowest BCUT2D eigenvalue weighted by Crippen LogP contribution is -2.61. The Morgan fingerprint density at radius 3 is 1.61 bits per heavy atom. The molecule has 1 aromatic carbocycles. The van der Waals surface area contributed by atoms with Crippen molar-refractivity contribution in [2.45, 2.75) is 178 Å². The van der Waals surface area contributed by atoms with Crippen LogP contribution in [0.15, 0.2) is 24.3 Å². The average Bonchev–Trinajstić information content (AvgIpc) is 3.84. The monoisotopic (exact) mass is 1060 g/mol. The second-order valence-corrected chi connectivity index (χ2v) is 19.3. The molecule has 2 aliphatic rings. The molecule has 0 aromatic heterocycles. The normalized spacial score (nSPS) is 24.3. The van der Waals surface area contributed by atoms with Crippen molar-refractivity contribution in [3.05, 3.63) is 29.8 Å². The molecule has 0 unspecified atom stereocenters. The number of unbranched alkanes of at least 4 members (excludes halogenated alkanes) is 5. The van der Waals surface area contributed by atoms with Crippen molar-refractivity contribution in [1.29, 1.82) is 0 Å². The van der Waals surface area contributed by atoms with Crippen LogP contribution < -0.4 is 60.2 Å². The van der Waals surface area contributed by atoms with Crippen LogP contribution in [0, 0.1) is 5.92 Å². The lowest BCUT2D eigenvalue weighted by atomic mass is 9.99. The van der Waals surface area contributed by atoms with E-state index in [2.05, 4.69) is 51.1 Å². The summed E-state index contributed by atoms with van der Waals surface area (Å²) in [4.78, 5) is 162. The van der Waals surface area contributed by atoms with E-state index in [4.69, 9.17) is 22.9 Å². The first-order valence-corrected chi connectivity index (χ1v) is 25.5. The van der Waals surface area contributed by atoms with Crippen molar-refractivity contribution in [1.82, 2.24) is 42.1 Å². The number of amides is 12. The van der Waals surface area contributed by atoms with Gasteiger partial charge in [0.2, 0.25) is 70.9 Å². The summed E-state index contributed by atoms with van der Waals surface area (Å²) in [7, 11) is 0. The molecular formula is C49H76N12O14. The molecule has 3 rings (SSSR count). The molecule has 2 saturated heterocycles. The molecule has 2 fully saturated rings. The first kappa shape index (κ1) is 61.9. The van der Waals surface area contributed by atoms with Crippen LogP contribution in [-0.4, -0.2) is 147 Å². The number of aliphatic hydroxyl groups is 1. The smallest absolute Gasteiger partial charge is 0.245 e. The SMILES string of the molecule is CC[C@@H](C)CCCCCCCC[C@@H]1CC(=O)N[C@H](CC(N)=O)C(=O)N[C@H](Cc2ccc(O)cc2)C(=O)N[C@H](CC(N)=O)C(=O)N[C@@H](CO)C(=O)N[C@@H](CC(N)=O)C(=O)N[C@@H](CCC(N)=O)C(=O)N2CCC[C@@H]2C(=O)N1. The Kier molecular flexibility index (Phi) is 25.9. The molecule has 0 bridgehead atoms. The van der Waals surface area contributed by atoms with E-state index < -0.39 is 164 Å². The molecule has 0 spiro atoms. The first-order chi connectivity index (χ1) is 35.5. The lowest BCUT2D eigenvalue weighted by Gasteiger charge is -2.31. The van der Waals surface area contributed by atoms with Crippen molar-refractivity contribution >= 4 is 70.9 Å². The molecule has 17 N–H and O–H groups in total. The van der Waals surface area contributed by atoms with E-state index >= 15 is 0 Å². The number of fused-ring (bicyclic) bond motifs is 1. The number of nitrogens with zero attached hydrogens (tertiary/aromatic N) is 1. The van der Waals surface area contributed by atoms with Gasteiger partial charge in [0.15, 0.2) is 0 Å². The van der Waals surface area contributed by atoms with Crippen molar-refractivity contribution < 1.29 is 67.7 Å². The number of aromatic hydroxyl groups is 1. The van der Waals surface area contributed by atoms with Crippen molar-refractivity contribution in [2.24, 2.45) is 28.9 Å². The Morgan fingerprint density at radius 2 is 1.08 bits per heavy atom. The quantitative estimate of drug-likeness (QED) is 0.0509. The van der Waals surface area contributed by atoms with Gasteiger partial charge in [0.05, 0.1) is 25.9 Å². The number of phenols is 1. The predicted molar refractivity (Wildman–Crippen MR) is 268 cm³/mol. The lowest BCUT2D eigenvalue weighted by molar-refractivity contribution is -0.142. The van der Waals surface area contributed by atoms with Gasteiger partial charge in [-0.05, 0) is 49.3 Å². The van der Waals surface area contributed by atoms with Crippen LogP contribution in [0.25, 0.3) is 0 Å². The summed E-state index contributed by atoms with van der Waals surface area (Å²) < 4.78 is 0. The van der Waals surface area contributed by atoms with Gasteiger partial charge in [-0.1, -0.05) is 77.3 Å². The fraction of sp³-hybridized carbons (Fsp3) is 0.633. The highest BCUT2D eigenvalue weighted by Gasteiger charge is 2.40. The van der Waals surface area contributed by atoms with E-state index in [1.165, 1.54) is 29.2 Å². The van der Waals surface area contributed by atoms with Gasteiger partial charge in [-0.15, -0.1) is 0 Å². The van der Waals surface area contributed by atoms with Gasteiger partial charge in [-0.3, -0.25) is 57.5 Å². The highest BCUT2D eigenvalue weighted by Crippen LogP contribution is 2.22. The molecule has 0 radical (unpaired) electrons. The van der Waals surface area contributed by atoms with Crippen molar-refractivity contribution in [2.75, 3.05) is 13.2 Å². The van der Waals surface area contributed by atoms with E-state index in [0.717, 1.165) is 44.9 Å². The van der Waals surface area contributed by atoms with Crippen LogP contribution in [0.4, 0.5) is 0 Å². The Bertz CT molecular complexity index is 2200. The van der Waals surface area contributed by atoms with E-state index in [1.54, 1.807) is 0 Å². The van der Waals surface area contributed by atoms with Crippen molar-refractivity contribution in [3.63, 3.8) is 0 Å². The Morgan fingerprint density at radius 1 is 0.600 bits per heavy atom. The number of nitrogens with two attached hydrogens (primary N) is 4. The van der Waals surface area contributed by atoms with Gasteiger partial charge in [-0.25, -0.2) is 0 Å². The van der Waals surface area contributed by atoms with Crippen LogP contribution in [0.2, 0.25) is 0 Å². The van der Waals surface area contributed by atoms with E-state index in [9.17, 15) is 67.7 Å². The second-order valence-electron chi connectivity index (χ2n) is 19.3. The molecule has 2 heterocycles. The number of carbonyl (C=O) groups excluding carboxylic acids is 12. The van der Waals surface area contributed by atoms with E-state index in [0.29, 0.717) is 24.3 Å². The number of hydrogen-bond donors (Lipinski definition) is 13. The van der Waals surface area contributed by atoms with Crippen LogP contribution in [0.5, 0.6) is 5.75 Å². The van der Waals surface area contributed by atoms with Gasteiger partial charge in [0.1, 0.15) is 48.0 Å². The number of benzene rings is 1. The minimum atomic E-state index is -1.96. The topological polar surface area (TPSA) is 437 Å². The van der Waals surface area contributed by atoms with Gasteiger partial charge in [-0.2, -0.15) is 0 Å². The third-order valence-electron chi connectivity index (χ3n) is 13.1. The molecule has 26 heteroatoms. The largest absolute Gasteiger partial charge is 0.508 e. The Hall–Kier alpha value is -7.38. The second kappa shape index (κ2) is 31.4. The summed E-state index contributed by atoms with van der Waals surface area (Å²) in [5.41, 5.74) is 22.1. The first-order valence-electron chi connectivity index (χ1n) is 25.5. The van der Waals surface area contributed by atoms with Crippen LogP contribution in [-0.2, 0) is 64.0 Å². The molecular weight excluding hydrogens is 981 g/mol. The van der Waals surface area contributed by atoms with Gasteiger partial charge in [0.25, 0.3) is 0 Å². The van der Waals surface area contributed by atoms with Crippen LogP contribution in [0.1, 0.15) is 129 Å². The molecule has 26 nitrogen and oxygen atoms in total. The number of phenolic OH excluding ortho intramolecular Hbond substituents is 1. The highest BCUT2D eigenvalue weighted by atomic mass is 16.3. The zero-order valence-electron chi connectivity index (χ0n) is 42.7. The number of carbonyl (C=O) groups is 12. The van der Waals surface area contributed by atoms with Crippen LogP contribution in [0.3, 0.4) is 0 Å². The van der Waals surface area contributed by atoms with Gasteiger partial charge < -0.3 is 75.3 Å². The zero-order chi connectivity index (χ0) is 55.8. The fourth-order valence-electron chi connectivity index (χ4n) is 8.71. The molecule has 75 heavy (non-hydrogen) atoms. The number of hydrogen-bond acceptors (Lipinski definition) is 14. The summed E-state index contributed by atoms with van der Waals surface area (Å²) in [6.45, 7) is 3.19. The Labute approximate surface area is 435 Å². The maximum Gasteiger partial charge on any atom is 0.245 e. The zero-order valence-corrected chi connectivity index (χ0v) is 42.7. The fourth-order valence-corrected chi connectivity index (χ4v) is 8.71. The standard InChI is InChI=1S/C49H76N12O14/c1-3-27(2)11-8-6-4-5-7-9-12-29-22-42(68)55-33(23-39(51)65)44(70)57-32(21-28-14-16-30(63)17-15-28)43(69)58-35(25-41(53)67)46(72)60-36(26-62)47(73)59-34(24-40(52)66)45(71)56-31(18-19-38(50)64)49(75)61-20-10-13-37(61)48(74)54-29/h14-17,27,29,31-37,62-63H,3-13,18-26H2,1-2H3,(H2,50,64)(H2,51,65)(H2,52,66)(H2,53,67)(H,54,74)(H,55,68)(H,56,71)(H,57,70)(H,58,69)(H,59,73)(H,60,72)/t27-,29-,31+,32-,33-,34+,35-,36+,37-/m1/s1. The minimum Gasteiger partial charge on any atom is -0.508 e. The number of aliphatic hydroxyl groups excluding tert-OH is 1. The summed E-state index contributed by atoms with van der Waals surface area (Å²) in [6.07, 6.45) is 3.94. The number of nitrogens with one attached hydrogen (secondary N) is 7. The molecule has 1 aromatic rings. The van der Waals surface area contributed by atoms with Crippen molar-refractivity contribution in [3.8, 4) is 5.75 Å². The third-order valence-corrected chi connectivity index (χ3v) is 13.1. The summed E-state index contributed by atoms with van der Waals surface area (Å²) >= 11 is 0. The highest BCUT2D eigenvalue weighted by molar-refractivity contribution is 6.00. The maximum atomic E-state index is 14.3. The molecule has 2 aliphatic heterocycles. The summed E-state index contributed by atoms with van der Waals surface area (Å²) in [5, 5.41) is 37.0. The van der Waals surface area contributed by atoms with E-state index in [1.807, 2.05) is 0 Å². The van der Waals surface area contributed by atoms with Crippen LogP contribution >= 0.6 is 0 Å². The average molecular weight is 1060 g/mol. The molecule has 416 valence electrons. The molecule has 12 amide bonds. The summed E-state index contributed by atoms with van der Waals surface area (Å²) in [5.74, 6) is -12.1. The number of rotatable bonds is 22. The summed E-state index contributed by atoms with van der Waals surface area (Å²) in [6, 6.07) is -7.40. The molecule has 0 saturated carbocycles. The third kappa shape index (κ3) is 21.9. The minimum absolute atomic E-state index is 0.00708. The van der Waals surface area contributed by atoms with Gasteiger partial charge >= 0.3 is 0 Å². The van der Waals surface area contributed by atoms with E-state index in [-0.39, 0.29) is 31.6 Å². The Balaban J connectivity index is 2.12.